The average molecular weight is 239 g/mol. The van der Waals surface area contributed by atoms with Crippen LogP contribution in [0, 0.1) is 0 Å². The van der Waals surface area contributed by atoms with Gasteiger partial charge in [0.15, 0.2) is 0 Å². The Morgan fingerprint density at radius 1 is 1.50 bits per heavy atom. The van der Waals surface area contributed by atoms with E-state index >= 15 is 0 Å². The minimum atomic E-state index is -0.154. The van der Waals surface area contributed by atoms with Crippen molar-refractivity contribution < 1.29 is 9.53 Å². The highest BCUT2D eigenvalue weighted by molar-refractivity contribution is 7.99. The van der Waals surface area contributed by atoms with Crippen LogP contribution in [0.2, 0.25) is 0 Å². The molecule has 1 N–H and O–H groups in total. The molecule has 4 heteroatoms. The third-order valence-electron chi connectivity index (χ3n) is 2.08. The van der Waals surface area contributed by atoms with E-state index in [-0.39, 0.29) is 5.97 Å². The number of carbonyl (C=O) groups is 1. The van der Waals surface area contributed by atoms with Crippen LogP contribution in [-0.2, 0) is 16.1 Å². The molecule has 88 valence electrons. The molecule has 1 aromatic carbocycles. The Hall–Kier alpha value is -1.00. The summed E-state index contributed by atoms with van der Waals surface area (Å²) >= 11 is 1.68. The maximum Gasteiger partial charge on any atom is 0.306 e. The number of hydrogen-bond donors (Lipinski definition) is 1. The Bertz CT molecular complexity index is 342. The molecule has 0 atom stereocenters. The summed E-state index contributed by atoms with van der Waals surface area (Å²) in [6.45, 7) is 0.866. The van der Waals surface area contributed by atoms with E-state index in [9.17, 15) is 4.79 Å². The van der Waals surface area contributed by atoms with Gasteiger partial charge >= 0.3 is 5.97 Å². The standard InChI is InChI=1S/C12H17NO2S/c1-13-9-10-4-3-5-11(8-10)16-7-6-12(14)15-2/h3-5,8,13H,6-7,9H2,1-2H3. The molecule has 0 unspecified atom stereocenters. The summed E-state index contributed by atoms with van der Waals surface area (Å²) in [5.41, 5.74) is 1.26. The fourth-order valence-electron chi connectivity index (χ4n) is 1.30. The van der Waals surface area contributed by atoms with Gasteiger partial charge < -0.3 is 10.1 Å². The molecule has 0 aromatic heterocycles. The predicted octanol–water partition coefficient (Wildman–Crippen LogP) is 2.06. The van der Waals surface area contributed by atoms with Crippen LogP contribution in [0.15, 0.2) is 29.2 Å². The van der Waals surface area contributed by atoms with E-state index in [2.05, 4.69) is 28.3 Å². The van der Waals surface area contributed by atoms with Crippen molar-refractivity contribution in [2.75, 3.05) is 19.9 Å². The lowest BCUT2D eigenvalue weighted by atomic mass is 10.2. The Labute approximate surface area is 101 Å². The Balaban J connectivity index is 2.41. The molecule has 0 bridgehead atoms. The summed E-state index contributed by atoms with van der Waals surface area (Å²) in [5, 5.41) is 3.11. The Morgan fingerprint density at radius 3 is 3.00 bits per heavy atom. The molecule has 0 spiro atoms. The maximum atomic E-state index is 10.9. The smallest absolute Gasteiger partial charge is 0.306 e. The highest BCUT2D eigenvalue weighted by atomic mass is 32.2. The van der Waals surface area contributed by atoms with Gasteiger partial charge in [-0.2, -0.15) is 0 Å². The fraction of sp³-hybridized carbons (Fsp3) is 0.417. The lowest BCUT2D eigenvalue weighted by molar-refractivity contribution is -0.140. The van der Waals surface area contributed by atoms with Crippen LogP contribution in [0.4, 0.5) is 0 Å². The lowest BCUT2D eigenvalue weighted by Crippen LogP contribution is -2.04. The van der Waals surface area contributed by atoms with E-state index in [1.807, 2.05) is 13.1 Å². The van der Waals surface area contributed by atoms with Crippen molar-refractivity contribution in [1.29, 1.82) is 0 Å². The molecule has 0 saturated heterocycles. The van der Waals surface area contributed by atoms with Gasteiger partial charge in [-0.15, -0.1) is 11.8 Å². The van der Waals surface area contributed by atoms with Crippen molar-refractivity contribution in [3.63, 3.8) is 0 Å². The fourth-order valence-corrected chi connectivity index (χ4v) is 2.22. The second-order valence-electron chi connectivity index (χ2n) is 3.35. The minimum Gasteiger partial charge on any atom is -0.469 e. The molecule has 0 heterocycles. The second-order valence-corrected chi connectivity index (χ2v) is 4.52. The number of carbonyl (C=O) groups excluding carboxylic acids is 1. The van der Waals surface area contributed by atoms with Crippen LogP contribution in [-0.4, -0.2) is 25.9 Å². The van der Waals surface area contributed by atoms with Crippen molar-refractivity contribution in [3.8, 4) is 0 Å². The number of esters is 1. The largest absolute Gasteiger partial charge is 0.469 e. The van der Waals surface area contributed by atoms with Gasteiger partial charge in [0.1, 0.15) is 0 Å². The average Bonchev–Trinajstić information content (AvgIpc) is 2.30. The molecular weight excluding hydrogens is 222 g/mol. The van der Waals surface area contributed by atoms with Crippen molar-refractivity contribution >= 4 is 17.7 Å². The van der Waals surface area contributed by atoms with E-state index in [1.165, 1.54) is 17.6 Å². The first kappa shape index (κ1) is 13.1. The third-order valence-corrected chi connectivity index (χ3v) is 3.08. The molecule has 0 aliphatic carbocycles. The summed E-state index contributed by atoms with van der Waals surface area (Å²) in [6.07, 6.45) is 0.456. The van der Waals surface area contributed by atoms with Crippen molar-refractivity contribution in [2.45, 2.75) is 17.9 Å². The number of thioether (sulfide) groups is 1. The number of hydrogen-bond acceptors (Lipinski definition) is 4. The Morgan fingerprint density at radius 2 is 2.31 bits per heavy atom. The van der Waals surface area contributed by atoms with Crippen LogP contribution in [0.1, 0.15) is 12.0 Å². The predicted molar refractivity (Wildman–Crippen MR) is 66.6 cm³/mol. The van der Waals surface area contributed by atoms with Crippen molar-refractivity contribution in [2.24, 2.45) is 0 Å². The van der Waals surface area contributed by atoms with E-state index < -0.39 is 0 Å². The van der Waals surface area contributed by atoms with Crippen LogP contribution >= 0.6 is 11.8 Å². The zero-order valence-corrected chi connectivity index (χ0v) is 10.5. The zero-order chi connectivity index (χ0) is 11.8. The number of ether oxygens (including phenoxy) is 1. The highest BCUT2D eigenvalue weighted by Gasteiger charge is 2.01. The topological polar surface area (TPSA) is 38.3 Å². The number of rotatable bonds is 6. The van der Waals surface area contributed by atoms with Gasteiger partial charge in [0.05, 0.1) is 13.5 Å². The van der Waals surface area contributed by atoms with Crippen LogP contribution < -0.4 is 5.32 Å². The second kappa shape index (κ2) is 7.30. The zero-order valence-electron chi connectivity index (χ0n) is 9.66. The van der Waals surface area contributed by atoms with Gasteiger partial charge in [-0.1, -0.05) is 12.1 Å². The summed E-state index contributed by atoms with van der Waals surface area (Å²) in [5.74, 6) is 0.606. The first-order chi connectivity index (χ1) is 7.76. The quantitative estimate of drug-likeness (QED) is 0.609. The van der Waals surface area contributed by atoms with Crippen LogP contribution in [0.25, 0.3) is 0 Å². The lowest BCUT2D eigenvalue weighted by Gasteiger charge is -2.04. The SMILES string of the molecule is CNCc1cccc(SCCC(=O)OC)c1. The maximum absolute atomic E-state index is 10.9. The number of methoxy groups -OCH3 is 1. The Kier molecular flexibility index (Phi) is 5.96. The summed E-state index contributed by atoms with van der Waals surface area (Å²) in [4.78, 5) is 12.1. The van der Waals surface area contributed by atoms with E-state index in [0.29, 0.717) is 6.42 Å². The van der Waals surface area contributed by atoms with Gasteiger partial charge in [-0.3, -0.25) is 4.79 Å². The summed E-state index contributed by atoms with van der Waals surface area (Å²) < 4.78 is 4.59. The number of nitrogens with one attached hydrogen (secondary N) is 1. The van der Waals surface area contributed by atoms with Crippen molar-refractivity contribution in [3.05, 3.63) is 29.8 Å². The van der Waals surface area contributed by atoms with Crippen molar-refractivity contribution in [1.82, 2.24) is 5.32 Å². The van der Waals surface area contributed by atoms with E-state index in [1.54, 1.807) is 11.8 Å². The van der Waals surface area contributed by atoms with Gasteiger partial charge in [0.2, 0.25) is 0 Å². The van der Waals surface area contributed by atoms with E-state index in [0.717, 1.165) is 12.3 Å². The van der Waals surface area contributed by atoms with Gasteiger partial charge in [-0.05, 0) is 24.7 Å². The monoisotopic (exact) mass is 239 g/mol. The molecule has 0 aliphatic heterocycles. The van der Waals surface area contributed by atoms with Crippen LogP contribution in [0.3, 0.4) is 0 Å². The molecule has 0 aliphatic rings. The molecule has 1 rings (SSSR count). The van der Waals surface area contributed by atoms with Gasteiger partial charge in [0, 0.05) is 17.2 Å². The molecule has 0 amide bonds. The molecule has 0 fully saturated rings. The molecule has 0 radical (unpaired) electrons. The first-order valence-electron chi connectivity index (χ1n) is 5.19. The molecular formula is C12H17NO2S. The summed E-state index contributed by atoms with van der Waals surface area (Å²) in [7, 11) is 3.34. The van der Waals surface area contributed by atoms with Crippen LogP contribution in [0.5, 0.6) is 0 Å². The molecule has 16 heavy (non-hydrogen) atoms. The summed E-state index contributed by atoms with van der Waals surface area (Å²) in [6, 6.07) is 8.31. The van der Waals surface area contributed by atoms with E-state index in [4.69, 9.17) is 0 Å². The minimum absolute atomic E-state index is 0.154. The van der Waals surface area contributed by atoms with Gasteiger partial charge in [0.25, 0.3) is 0 Å². The van der Waals surface area contributed by atoms with Gasteiger partial charge in [-0.25, -0.2) is 0 Å². The first-order valence-corrected chi connectivity index (χ1v) is 6.18. The molecule has 3 nitrogen and oxygen atoms in total. The number of benzene rings is 1. The molecule has 0 saturated carbocycles. The normalized spacial score (nSPS) is 10.1. The molecule has 1 aromatic rings. The third kappa shape index (κ3) is 4.68. The highest BCUT2D eigenvalue weighted by Crippen LogP contribution is 2.20.